The van der Waals surface area contributed by atoms with Crippen LogP contribution in [0.1, 0.15) is 12.8 Å². The van der Waals surface area contributed by atoms with Gasteiger partial charge in [0, 0.05) is 10.7 Å². The summed E-state index contributed by atoms with van der Waals surface area (Å²) in [6.45, 7) is 0. The number of hydrogen-bond donors (Lipinski definition) is 1. The molecule has 1 fully saturated rings. The molecule has 1 N–H and O–H groups in total. The lowest BCUT2D eigenvalue weighted by Gasteiger charge is -2.10. The largest absolute Gasteiger partial charge is 0.278 e. The van der Waals surface area contributed by atoms with Crippen molar-refractivity contribution < 1.29 is 25.6 Å². The smallest absolute Gasteiger partial charge is 0.261 e. The molecule has 1 aromatic rings. The normalized spacial score (nSPS) is 16.1. The zero-order valence-corrected chi connectivity index (χ0v) is 12.3. The Morgan fingerprint density at radius 2 is 1.65 bits per heavy atom. The van der Waals surface area contributed by atoms with E-state index in [1.54, 1.807) is 4.72 Å². The summed E-state index contributed by atoms with van der Waals surface area (Å²) in [6.07, 6.45) is 1.52. The Morgan fingerprint density at radius 3 is 2.05 bits per heavy atom. The van der Waals surface area contributed by atoms with E-state index < -0.39 is 41.3 Å². The van der Waals surface area contributed by atoms with Crippen LogP contribution in [-0.4, -0.2) is 22.6 Å². The predicted molar refractivity (Wildman–Crippen MR) is 69.5 cm³/mol. The van der Waals surface area contributed by atoms with Crippen molar-refractivity contribution in [2.24, 2.45) is 5.92 Å². The third-order valence-electron chi connectivity index (χ3n) is 2.71. The van der Waals surface area contributed by atoms with E-state index in [1.807, 2.05) is 0 Å². The molecule has 0 unspecified atom stereocenters. The highest BCUT2D eigenvalue weighted by Gasteiger charge is 2.29. The van der Waals surface area contributed by atoms with Crippen molar-refractivity contribution in [2.75, 3.05) is 10.5 Å². The molecule has 0 radical (unpaired) electrons. The fraction of sp³-hybridized carbons (Fsp3) is 0.400. The molecule has 1 aromatic carbocycles. The van der Waals surface area contributed by atoms with E-state index in [1.165, 1.54) is 0 Å². The minimum absolute atomic E-state index is 0.00103. The van der Waals surface area contributed by atoms with E-state index in [-0.39, 0.29) is 11.7 Å². The van der Waals surface area contributed by atoms with Crippen molar-refractivity contribution in [3.05, 3.63) is 23.8 Å². The lowest BCUT2D eigenvalue weighted by Crippen LogP contribution is -2.19. The van der Waals surface area contributed by atoms with Gasteiger partial charge in [0.05, 0.1) is 10.6 Å². The average molecular weight is 346 g/mol. The Balaban J connectivity index is 2.33. The molecule has 2 rings (SSSR count). The third kappa shape index (κ3) is 3.80. The standard InChI is InChI=1S/C10H10ClF2NO4S2/c11-20(17,18)7-3-8(12)10(9(13)4-7)14-19(15,16)5-6-1-2-6/h3-4,6,14H,1-2,5H2. The van der Waals surface area contributed by atoms with Gasteiger partial charge in [0.25, 0.3) is 9.05 Å². The van der Waals surface area contributed by atoms with Crippen LogP contribution in [0.5, 0.6) is 0 Å². The zero-order valence-electron chi connectivity index (χ0n) is 9.94. The highest BCUT2D eigenvalue weighted by molar-refractivity contribution is 8.13. The Labute approximate surface area is 119 Å². The first kappa shape index (κ1) is 15.5. The summed E-state index contributed by atoms with van der Waals surface area (Å²) in [6, 6.07) is 0.917. The molecule has 0 aromatic heterocycles. The molecule has 112 valence electrons. The van der Waals surface area contributed by atoms with E-state index in [4.69, 9.17) is 10.7 Å². The fourth-order valence-corrected chi connectivity index (χ4v) is 3.88. The lowest BCUT2D eigenvalue weighted by molar-refractivity contribution is 0.573. The van der Waals surface area contributed by atoms with Gasteiger partial charge in [0.1, 0.15) is 5.69 Å². The molecule has 1 aliphatic carbocycles. The maximum atomic E-state index is 13.6. The van der Waals surface area contributed by atoms with Gasteiger partial charge in [-0.15, -0.1) is 0 Å². The molecule has 0 aliphatic heterocycles. The monoisotopic (exact) mass is 345 g/mol. The Kier molecular flexibility index (Phi) is 3.96. The molecule has 0 amide bonds. The van der Waals surface area contributed by atoms with Gasteiger partial charge in [-0.05, 0) is 30.9 Å². The Hall–Kier alpha value is -0.930. The molecular formula is C10H10ClF2NO4S2. The topological polar surface area (TPSA) is 80.3 Å². The molecule has 10 heteroatoms. The van der Waals surface area contributed by atoms with Crippen LogP contribution >= 0.6 is 10.7 Å². The first-order valence-corrected chi connectivity index (χ1v) is 9.49. The highest BCUT2D eigenvalue weighted by atomic mass is 35.7. The van der Waals surface area contributed by atoms with Gasteiger partial charge in [-0.1, -0.05) is 0 Å². The molecule has 0 heterocycles. The second-order valence-electron chi connectivity index (χ2n) is 4.53. The molecule has 20 heavy (non-hydrogen) atoms. The number of sulfonamides is 1. The van der Waals surface area contributed by atoms with Crippen LogP contribution in [0.25, 0.3) is 0 Å². The van der Waals surface area contributed by atoms with Crippen molar-refractivity contribution in [3.63, 3.8) is 0 Å². The molecule has 0 bridgehead atoms. The maximum absolute atomic E-state index is 13.6. The molecule has 0 spiro atoms. The second-order valence-corrected chi connectivity index (χ2v) is 8.86. The molecular weight excluding hydrogens is 336 g/mol. The summed E-state index contributed by atoms with van der Waals surface area (Å²) in [4.78, 5) is -0.778. The fourth-order valence-electron chi connectivity index (χ4n) is 1.58. The first-order valence-electron chi connectivity index (χ1n) is 5.53. The molecule has 1 aliphatic rings. The van der Waals surface area contributed by atoms with Crippen LogP contribution in [0.15, 0.2) is 17.0 Å². The highest BCUT2D eigenvalue weighted by Crippen LogP contribution is 2.32. The van der Waals surface area contributed by atoms with E-state index >= 15 is 0 Å². The van der Waals surface area contributed by atoms with Crippen LogP contribution in [-0.2, 0) is 19.1 Å². The van der Waals surface area contributed by atoms with Crippen LogP contribution in [0, 0.1) is 17.6 Å². The van der Waals surface area contributed by atoms with Crippen LogP contribution in [0.2, 0.25) is 0 Å². The summed E-state index contributed by atoms with van der Waals surface area (Å²) in [5.41, 5.74) is -0.908. The summed E-state index contributed by atoms with van der Waals surface area (Å²) >= 11 is 0. The number of halogens is 3. The minimum Gasteiger partial charge on any atom is -0.278 e. The van der Waals surface area contributed by atoms with Crippen molar-refractivity contribution in [2.45, 2.75) is 17.7 Å². The number of anilines is 1. The van der Waals surface area contributed by atoms with Crippen LogP contribution in [0.3, 0.4) is 0 Å². The van der Waals surface area contributed by atoms with Gasteiger partial charge in [0.15, 0.2) is 11.6 Å². The van der Waals surface area contributed by atoms with Gasteiger partial charge in [0.2, 0.25) is 10.0 Å². The molecule has 0 atom stereocenters. The summed E-state index contributed by atoms with van der Waals surface area (Å²) in [7, 11) is -3.21. The van der Waals surface area contributed by atoms with Crippen LogP contribution < -0.4 is 4.72 Å². The SMILES string of the molecule is O=S(=O)(CC1CC1)Nc1c(F)cc(S(=O)(=O)Cl)cc1F. The van der Waals surface area contributed by atoms with E-state index in [0.717, 1.165) is 12.8 Å². The Bertz CT molecular complexity index is 722. The quantitative estimate of drug-likeness (QED) is 0.828. The van der Waals surface area contributed by atoms with E-state index in [2.05, 4.69) is 0 Å². The van der Waals surface area contributed by atoms with Crippen molar-refractivity contribution in [3.8, 4) is 0 Å². The van der Waals surface area contributed by atoms with Gasteiger partial charge in [-0.3, -0.25) is 4.72 Å². The van der Waals surface area contributed by atoms with E-state index in [9.17, 15) is 25.6 Å². The molecule has 1 saturated carbocycles. The van der Waals surface area contributed by atoms with Gasteiger partial charge in [-0.2, -0.15) is 0 Å². The van der Waals surface area contributed by atoms with Gasteiger partial charge in [-0.25, -0.2) is 25.6 Å². The lowest BCUT2D eigenvalue weighted by atomic mass is 10.3. The number of nitrogens with one attached hydrogen (secondary N) is 1. The van der Waals surface area contributed by atoms with Crippen molar-refractivity contribution in [1.29, 1.82) is 0 Å². The third-order valence-corrected chi connectivity index (χ3v) is 5.47. The summed E-state index contributed by atoms with van der Waals surface area (Å²) in [5, 5.41) is 0. The number of rotatable bonds is 5. The van der Waals surface area contributed by atoms with Crippen LogP contribution in [0.4, 0.5) is 14.5 Å². The van der Waals surface area contributed by atoms with Crippen molar-refractivity contribution in [1.82, 2.24) is 0 Å². The number of benzene rings is 1. The predicted octanol–water partition coefficient (Wildman–Crippen LogP) is 2.04. The maximum Gasteiger partial charge on any atom is 0.261 e. The van der Waals surface area contributed by atoms with E-state index in [0.29, 0.717) is 12.1 Å². The second kappa shape index (κ2) is 5.12. The summed E-state index contributed by atoms with van der Waals surface area (Å²) in [5.74, 6) is -2.91. The number of hydrogen-bond acceptors (Lipinski definition) is 4. The molecule has 5 nitrogen and oxygen atoms in total. The molecule has 0 saturated heterocycles. The average Bonchev–Trinajstić information content (AvgIpc) is 3.05. The van der Waals surface area contributed by atoms with Gasteiger partial charge >= 0.3 is 0 Å². The summed E-state index contributed by atoms with van der Waals surface area (Å²) < 4.78 is 74.3. The van der Waals surface area contributed by atoms with Crippen molar-refractivity contribution >= 4 is 35.4 Å². The first-order chi connectivity index (χ1) is 9.08. The minimum atomic E-state index is -4.30. The van der Waals surface area contributed by atoms with Gasteiger partial charge < -0.3 is 0 Å². The zero-order chi connectivity index (χ0) is 15.1. The Morgan fingerprint density at radius 1 is 1.15 bits per heavy atom.